The zero-order chi connectivity index (χ0) is 28.1. The number of carbonyl (C=O) groups excluding carboxylic acids is 2. The number of alkyl halides is 3. The first kappa shape index (κ1) is 27.5. The molecule has 5 rings (SSSR count). The molecule has 2 aromatic heterocycles. The van der Waals surface area contributed by atoms with E-state index < -0.39 is 28.5 Å². The average molecular weight is 590 g/mol. The summed E-state index contributed by atoms with van der Waals surface area (Å²) in [5.74, 6) is -3.70. The van der Waals surface area contributed by atoms with Gasteiger partial charge >= 0.3 is 12.1 Å². The number of nitrogens with one attached hydrogen (secondary N) is 1. The van der Waals surface area contributed by atoms with Gasteiger partial charge in [0, 0.05) is 50.2 Å². The van der Waals surface area contributed by atoms with Crippen molar-refractivity contribution in [1.82, 2.24) is 14.3 Å². The molecule has 0 unspecified atom stereocenters. The highest BCUT2D eigenvalue weighted by atomic mass is 35.5. The number of quaternary nitrogens is 1. The first-order valence-electron chi connectivity index (χ1n) is 12.2. The quantitative estimate of drug-likeness (QED) is 0.342. The van der Waals surface area contributed by atoms with Crippen molar-refractivity contribution in [2.75, 3.05) is 32.7 Å². The third-order valence-corrected chi connectivity index (χ3v) is 7.92. The first-order chi connectivity index (χ1) is 18.4. The molecule has 0 atom stereocenters. The molecule has 208 valence electrons. The minimum atomic E-state index is -5.09. The molecule has 1 aromatic carbocycles. The number of likely N-dealkylation sites (tertiary alicyclic amines) is 2. The molecular formula is C25H23Cl2F4N4O4+. The molecule has 0 radical (unpaired) electrons. The average Bonchev–Trinajstić information content (AvgIpc) is 3.43. The van der Waals surface area contributed by atoms with Crippen LogP contribution >= 0.6 is 23.2 Å². The Labute approximate surface area is 229 Å². The second-order valence-corrected chi connectivity index (χ2v) is 10.7. The van der Waals surface area contributed by atoms with Crippen molar-refractivity contribution in [3.05, 3.63) is 73.6 Å². The Kier molecular flexibility index (Phi) is 7.15. The number of rotatable bonds is 6. The molecule has 1 amide bonds. The molecule has 0 saturated carbocycles. The summed E-state index contributed by atoms with van der Waals surface area (Å²) in [6.07, 6.45) is -2.17. The largest absolute Gasteiger partial charge is 0.497 e. The number of hydrogen-bond acceptors (Lipinski definition) is 4. The molecule has 4 heterocycles. The van der Waals surface area contributed by atoms with E-state index in [0.717, 1.165) is 0 Å². The van der Waals surface area contributed by atoms with Crippen LogP contribution in [0.4, 0.5) is 17.6 Å². The van der Waals surface area contributed by atoms with Crippen molar-refractivity contribution < 1.29 is 36.6 Å². The zero-order valence-electron chi connectivity index (χ0n) is 20.4. The predicted molar refractivity (Wildman–Crippen MR) is 133 cm³/mol. The van der Waals surface area contributed by atoms with Crippen LogP contribution in [0.5, 0.6) is 0 Å². The van der Waals surface area contributed by atoms with Crippen LogP contribution in [0.15, 0.2) is 35.3 Å². The van der Waals surface area contributed by atoms with Crippen LogP contribution in [-0.2, 0) is 16.1 Å². The number of H-pyrrole nitrogens is 1. The molecule has 8 nitrogen and oxygen atoms in total. The summed E-state index contributed by atoms with van der Waals surface area (Å²) in [5.41, 5.74) is 0.833. The fourth-order valence-electron chi connectivity index (χ4n) is 5.32. The highest BCUT2D eigenvalue weighted by Gasteiger charge is 2.51. The molecule has 1 N–H and O–H groups in total. The summed E-state index contributed by atoms with van der Waals surface area (Å²) < 4.78 is 54.1. The van der Waals surface area contributed by atoms with Crippen LogP contribution in [-0.4, -0.2) is 69.7 Å². The van der Waals surface area contributed by atoms with E-state index in [2.05, 4.69) is 4.98 Å². The normalized spacial score (nSPS) is 17.4. The number of amides is 1. The standard InChI is InChI=1S/C25H22Cl2F4N4O4/c26-18-9-20-22(36)32-10-16(34(20)21(18)27)7-14-3-4-19(28)17(8-14)23(37)33-11-15(12-33)13-35(5-1-2-6-35)39-24(38)25(29,30)31/h3-4,8-10,15H,1-2,5-7,11-13H2/p+1. The van der Waals surface area contributed by atoms with E-state index in [1.165, 1.54) is 39.8 Å². The van der Waals surface area contributed by atoms with Crippen LogP contribution in [0.1, 0.15) is 34.5 Å². The molecular weight excluding hydrogens is 567 g/mol. The van der Waals surface area contributed by atoms with E-state index in [-0.39, 0.29) is 71.9 Å². The van der Waals surface area contributed by atoms with Gasteiger partial charge in [-0.1, -0.05) is 29.3 Å². The highest BCUT2D eigenvalue weighted by molar-refractivity contribution is 6.42. The zero-order valence-corrected chi connectivity index (χ0v) is 21.9. The van der Waals surface area contributed by atoms with Gasteiger partial charge in [0.1, 0.15) is 36.1 Å². The van der Waals surface area contributed by atoms with Gasteiger partial charge in [0.15, 0.2) is 0 Å². The Morgan fingerprint density at radius 1 is 1.13 bits per heavy atom. The fourth-order valence-corrected chi connectivity index (χ4v) is 5.76. The lowest BCUT2D eigenvalue weighted by atomic mass is 9.97. The van der Waals surface area contributed by atoms with Crippen molar-refractivity contribution in [3.63, 3.8) is 0 Å². The number of carbonyl (C=O) groups is 2. The van der Waals surface area contributed by atoms with E-state index in [1.807, 2.05) is 0 Å². The second-order valence-electron chi connectivity index (χ2n) is 9.95. The minimum Gasteiger partial charge on any atom is -0.337 e. The van der Waals surface area contributed by atoms with Gasteiger partial charge in [0.2, 0.25) is 0 Å². The Hall–Kier alpha value is -3.09. The van der Waals surface area contributed by atoms with Gasteiger partial charge in [-0.15, -0.1) is 4.65 Å². The maximum absolute atomic E-state index is 14.7. The number of fused-ring (bicyclic) bond motifs is 1. The van der Waals surface area contributed by atoms with Gasteiger partial charge in [0.25, 0.3) is 11.5 Å². The number of nitrogens with zero attached hydrogens (tertiary/aromatic N) is 3. The molecule has 39 heavy (non-hydrogen) atoms. The highest BCUT2D eigenvalue weighted by Crippen LogP contribution is 2.31. The summed E-state index contributed by atoms with van der Waals surface area (Å²) in [7, 11) is 0. The molecule has 2 aliphatic rings. The molecule has 2 fully saturated rings. The summed E-state index contributed by atoms with van der Waals surface area (Å²) in [5, 5.41) is 0.347. The molecule has 0 spiro atoms. The van der Waals surface area contributed by atoms with E-state index in [4.69, 9.17) is 28.0 Å². The first-order valence-corrected chi connectivity index (χ1v) is 12.9. The lowest BCUT2D eigenvalue weighted by Crippen LogP contribution is -2.59. The number of benzene rings is 1. The lowest BCUT2D eigenvalue weighted by molar-refractivity contribution is -1.08. The van der Waals surface area contributed by atoms with Gasteiger partial charge in [-0.25, -0.2) is 9.18 Å². The minimum absolute atomic E-state index is 0.149. The van der Waals surface area contributed by atoms with E-state index in [9.17, 15) is 31.9 Å². The fraction of sp³-hybridized carbons (Fsp3) is 0.400. The molecule has 2 saturated heterocycles. The number of aromatic nitrogens is 2. The number of hydroxylamine groups is 3. The molecule has 0 aliphatic carbocycles. The summed E-state index contributed by atoms with van der Waals surface area (Å²) in [6.45, 7) is 1.10. The van der Waals surface area contributed by atoms with E-state index in [1.54, 1.807) is 0 Å². The maximum atomic E-state index is 14.7. The molecule has 2 aliphatic heterocycles. The smallest absolute Gasteiger partial charge is 0.337 e. The summed E-state index contributed by atoms with van der Waals surface area (Å²) in [6, 6.07) is 5.54. The van der Waals surface area contributed by atoms with Crippen molar-refractivity contribution >= 4 is 40.6 Å². The van der Waals surface area contributed by atoms with Gasteiger partial charge in [-0.05, 0) is 23.8 Å². The van der Waals surface area contributed by atoms with Crippen LogP contribution in [0, 0.1) is 11.7 Å². The molecule has 14 heteroatoms. The monoisotopic (exact) mass is 589 g/mol. The SMILES string of the molecule is O=C(c1cc(Cc2c[nH]c(=O)c3cc(Cl)c(Cl)n23)ccc1F)N1CC(C[N+]2(OC(=O)C(F)(F)F)CCCC2)C1. The Morgan fingerprint density at radius 2 is 1.82 bits per heavy atom. The Bertz CT molecular complexity index is 1510. The third kappa shape index (κ3) is 5.37. The number of aromatic amines is 1. The summed E-state index contributed by atoms with van der Waals surface area (Å²) in [4.78, 5) is 45.6. The van der Waals surface area contributed by atoms with Crippen LogP contribution in [0.25, 0.3) is 5.52 Å². The second kappa shape index (κ2) is 10.1. The third-order valence-electron chi connectivity index (χ3n) is 7.16. The maximum Gasteiger partial charge on any atom is 0.497 e. The van der Waals surface area contributed by atoms with Crippen LogP contribution in [0.2, 0.25) is 10.2 Å². The van der Waals surface area contributed by atoms with Gasteiger partial charge in [0.05, 0.1) is 10.6 Å². The number of halogens is 6. The predicted octanol–water partition coefficient (Wildman–Crippen LogP) is 4.37. The van der Waals surface area contributed by atoms with Gasteiger partial charge < -0.3 is 9.88 Å². The Balaban J connectivity index is 1.28. The van der Waals surface area contributed by atoms with Crippen molar-refractivity contribution in [2.24, 2.45) is 5.92 Å². The Morgan fingerprint density at radius 3 is 2.49 bits per heavy atom. The van der Waals surface area contributed by atoms with Crippen LogP contribution in [0.3, 0.4) is 0 Å². The topological polar surface area (TPSA) is 83.9 Å². The van der Waals surface area contributed by atoms with E-state index in [0.29, 0.717) is 24.1 Å². The van der Waals surface area contributed by atoms with Crippen molar-refractivity contribution in [2.45, 2.75) is 25.4 Å². The summed E-state index contributed by atoms with van der Waals surface area (Å²) >= 11 is 12.3. The lowest BCUT2D eigenvalue weighted by Gasteiger charge is -2.42. The van der Waals surface area contributed by atoms with Crippen molar-refractivity contribution in [3.8, 4) is 0 Å². The van der Waals surface area contributed by atoms with Gasteiger partial charge in [-0.3, -0.25) is 18.8 Å². The number of hydrogen-bond donors (Lipinski definition) is 1. The molecule has 3 aromatic rings. The van der Waals surface area contributed by atoms with Crippen molar-refractivity contribution in [1.29, 1.82) is 0 Å². The van der Waals surface area contributed by atoms with Crippen LogP contribution < -0.4 is 5.56 Å². The van der Waals surface area contributed by atoms with E-state index >= 15 is 0 Å². The van der Waals surface area contributed by atoms with Gasteiger partial charge in [-0.2, -0.15) is 13.2 Å². The molecule has 0 bridgehead atoms.